The Labute approximate surface area is 131 Å². The summed E-state index contributed by atoms with van der Waals surface area (Å²) in [6.45, 7) is 15.2. The molecule has 0 N–H and O–H groups in total. The lowest BCUT2D eigenvalue weighted by Crippen LogP contribution is -2.55. The predicted molar refractivity (Wildman–Crippen MR) is 89.8 cm³/mol. The maximum absolute atomic E-state index is 13.0. The maximum Gasteiger partial charge on any atom is 0.253 e. The van der Waals surface area contributed by atoms with Crippen LogP contribution < -0.4 is 0 Å². The molecule has 0 bridgehead atoms. The van der Waals surface area contributed by atoms with Crippen LogP contribution >= 0.6 is 0 Å². The van der Waals surface area contributed by atoms with Crippen LogP contribution in [0.1, 0.15) is 67.7 Å². The number of carbonyl (C=O) groups excluding carboxylic acids is 1. The fourth-order valence-electron chi connectivity index (χ4n) is 3.35. The molecular formula is C18H34N2O. The van der Waals surface area contributed by atoms with Crippen LogP contribution in [0.4, 0.5) is 0 Å². The lowest BCUT2D eigenvalue weighted by molar-refractivity contribution is -0.135. The van der Waals surface area contributed by atoms with Gasteiger partial charge in [0, 0.05) is 30.8 Å². The van der Waals surface area contributed by atoms with Gasteiger partial charge in [-0.3, -0.25) is 4.79 Å². The zero-order chi connectivity index (χ0) is 16.6. The van der Waals surface area contributed by atoms with E-state index in [0.717, 1.165) is 24.8 Å². The Bertz CT molecular complexity index is 423. The van der Waals surface area contributed by atoms with E-state index in [1.165, 1.54) is 5.70 Å². The molecule has 0 saturated carbocycles. The van der Waals surface area contributed by atoms with Gasteiger partial charge in [-0.15, -0.1) is 0 Å². The molecular weight excluding hydrogens is 260 g/mol. The van der Waals surface area contributed by atoms with Crippen LogP contribution in [0.15, 0.2) is 11.3 Å². The monoisotopic (exact) mass is 294 g/mol. The van der Waals surface area contributed by atoms with E-state index in [9.17, 15) is 4.79 Å². The van der Waals surface area contributed by atoms with Crippen molar-refractivity contribution >= 4 is 5.91 Å². The molecule has 0 fully saturated rings. The van der Waals surface area contributed by atoms with Crippen molar-refractivity contribution in [2.45, 2.75) is 73.9 Å². The lowest BCUT2D eigenvalue weighted by Gasteiger charge is -2.49. The van der Waals surface area contributed by atoms with E-state index in [4.69, 9.17) is 0 Å². The second kappa shape index (κ2) is 6.02. The fraction of sp³-hybridized carbons (Fsp3) is 0.833. The number of amides is 1. The van der Waals surface area contributed by atoms with Crippen LogP contribution in [0.3, 0.4) is 0 Å². The first-order valence-corrected chi connectivity index (χ1v) is 8.18. The molecule has 0 aromatic heterocycles. The number of hydrogen-bond acceptors (Lipinski definition) is 2. The van der Waals surface area contributed by atoms with Crippen LogP contribution in [0.25, 0.3) is 0 Å². The second-order valence-electron chi connectivity index (χ2n) is 8.37. The van der Waals surface area contributed by atoms with Crippen LogP contribution in [0.5, 0.6) is 0 Å². The Balaban J connectivity index is 3.43. The molecule has 1 atom stereocenters. The topological polar surface area (TPSA) is 23.6 Å². The van der Waals surface area contributed by atoms with Crippen molar-refractivity contribution in [3.8, 4) is 0 Å². The average Bonchev–Trinajstić information content (AvgIpc) is 2.30. The Morgan fingerprint density at radius 2 is 1.48 bits per heavy atom. The van der Waals surface area contributed by atoms with Crippen molar-refractivity contribution in [3.05, 3.63) is 11.3 Å². The first-order chi connectivity index (χ1) is 9.42. The van der Waals surface area contributed by atoms with Crippen LogP contribution in [-0.4, -0.2) is 36.0 Å². The fourth-order valence-corrected chi connectivity index (χ4v) is 3.35. The molecule has 0 aliphatic carbocycles. The second-order valence-corrected chi connectivity index (χ2v) is 8.37. The molecule has 1 aliphatic rings. The third-order valence-electron chi connectivity index (χ3n) is 4.29. The van der Waals surface area contributed by atoms with Gasteiger partial charge >= 0.3 is 0 Å². The number of nitrogens with zero attached hydrogens (tertiary/aromatic N) is 2. The summed E-state index contributed by atoms with van der Waals surface area (Å²) in [7, 11) is 4.10. The highest BCUT2D eigenvalue weighted by Crippen LogP contribution is 2.43. The summed E-state index contributed by atoms with van der Waals surface area (Å²) < 4.78 is 0. The minimum atomic E-state index is -0.141. The summed E-state index contributed by atoms with van der Waals surface area (Å²) in [6, 6.07) is 0. The quantitative estimate of drug-likeness (QED) is 0.776. The standard InChI is InChI=1S/C18H34N2O/c1-10-11-12-13-19(8)15(18(5,6)7)14(17(2,3)4)16(21)20(13)9/h13H,10-12H2,1-9H3. The van der Waals surface area contributed by atoms with Crippen molar-refractivity contribution in [3.63, 3.8) is 0 Å². The van der Waals surface area contributed by atoms with E-state index < -0.39 is 0 Å². The molecule has 0 aromatic rings. The number of hydrogen-bond donors (Lipinski definition) is 0. The molecule has 21 heavy (non-hydrogen) atoms. The number of allylic oxidation sites excluding steroid dienone is 1. The van der Waals surface area contributed by atoms with Gasteiger partial charge in [0.2, 0.25) is 0 Å². The molecule has 3 nitrogen and oxygen atoms in total. The highest BCUT2D eigenvalue weighted by molar-refractivity contribution is 5.96. The summed E-state index contributed by atoms with van der Waals surface area (Å²) in [4.78, 5) is 17.3. The molecule has 0 radical (unpaired) electrons. The smallest absolute Gasteiger partial charge is 0.253 e. The van der Waals surface area contributed by atoms with Gasteiger partial charge in [-0.1, -0.05) is 54.9 Å². The van der Waals surface area contributed by atoms with Crippen molar-refractivity contribution in [2.24, 2.45) is 10.8 Å². The Morgan fingerprint density at radius 3 is 1.86 bits per heavy atom. The van der Waals surface area contributed by atoms with Crippen molar-refractivity contribution < 1.29 is 4.79 Å². The Morgan fingerprint density at radius 1 is 0.952 bits per heavy atom. The van der Waals surface area contributed by atoms with Gasteiger partial charge in [0.1, 0.15) is 6.17 Å². The minimum absolute atomic E-state index is 0.0290. The van der Waals surface area contributed by atoms with Gasteiger partial charge < -0.3 is 9.80 Å². The van der Waals surface area contributed by atoms with Crippen molar-refractivity contribution in [1.29, 1.82) is 0 Å². The van der Waals surface area contributed by atoms with E-state index in [0.29, 0.717) is 0 Å². The van der Waals surface area contributed by atoms with Gasteiger partial charge in [0.15, 0.2) is 0 Å². The lowest BCUT2D eigenvalue weighted by atomic mass is 9.76. The molecule has 122 valence electrons. The summed E-state index contributed by atoms with van der Waals surface area (Å²) in [6.07, 6.45) is 3.52. The highest BCUT2D eigenvalue weighted by Gasteiger charge is 2.43. The number of rotatable bonds is 3. The Hall–Kier alpha value is -0.990. The van der Waals surface area contributed by atoms with Gasteiger partial charge in [-0.05, 0) is 18.3 Å². The minimum Gasteiger partial charge on any atom is -0.357 e. The number of unbranched alkanes of at least 4 members (excludes halogenated alkanes) is 1. The van der Waals surface area contributed by atoms with E-state index in [2.05, 4.69) is 60.4 Å². The molecule has 1 rings (SSSR count). The summed E-state index contributed by atoms with van der Waals surface area (Å²) >= 11 is 0. The van der Waals surface area contributed by atoms with E-state index in [1.54, 1.807) is 0 Å². The molecule has 0 saturated heterocycles. The summed E-state index contributed by atoms with van der Waals surface area (Å²) in [5, 5.41) is 0. The van der Waals surface area contributed by atoms with Crippen LogP contribution in [0.2, 0.25) is 0 Å². The van der Waals surface area contributed by atoms with E-state index in [1.807, 2.05) is 11.9 Å². The molecule has 1 unspecified atom stereocenters. The van der Waals surface area contributed by atoms with Gasteiger partial charge in [-0.2, -0.15) is 0 Å². The van der Waals surface area contributed by atoms with Crippen LogP contribution in [-0.2, 0) is 4.79 Å². The normalized spacial score (nSPS) is 21.4. The van der Waals surface area contributed by atoms with Gasteiger partial charge in [-0.25, -0.2) is 0 Å². The van der Waals surface area contributed by atoms with Gasteiger partial charge in [0.25, 0.3) is 5.91 Å². The van der Waals surface area contributed by atoms with E-state index >= 15 is 0 Å². The van der Waals surface area contributed by atoms with E-state index in [-0.39, 0.29) is 22.9 Å². The number of likely N-dealkylation sites (N-methyl/N-ethyl adjacent to an activating group) is 1. The third kappa shape index (κ3) is 3.61. The summed E-state index contributed by atoms with van der Waals surface area (Å²) in [5.41, 5.74) is 2.00. The maximum atomic E-state index is 13.0. The van der Waals surface area contributed by atoms with Crippen LogP contribution in [0, 0.1) is 10.8 Å². The first kappa shape index (κ1) is 18.1. The molecule has 0 spiro atoms. The SMILES string of the molecule is CCCCC1N(C)C(=O)C(C(C)(C)C)=C(C(C)(C)C)N1C. The average molecular weight is 294 g/mol. The molecule has 1 aliphatic heterocycles. The highest BCUT2D eigenvalue weighted by atomic mass is 16.2. The first-order valence-electron chi connectivity index (χ1n) is 8.18. The molecule has 1 amide bonds. The van der Waals surface area contributed by atoms with Crippen molar-refractivity contribution in [1.82, 2.24) is 9.80 Å². The molecule has 3 heteroatoms. The Kier molecular flexibility index (Phi) is 5.18. The number of carbonyl (C=O) groups is 1. The largest absolute Gasteiger partial charge is 0.357 e. The summed E-state index contributed by atoms with van der Waals surface area (Å²) in [5.74, 6) is 0.201. The molecule has 0 aromatic carbocycles. The third-order valence-corrected chi connectivity index (χ3v) is 4.29. The molecule has 1 heterocycles. The zero-order valence-corrected chi connectivity index (χ0v) is 15.5. The zero-order valence-electron chi connectivity index (χ0n) is 15.5. The van der Waals surface area contributed by atoms with Gasteiger partial charge in [0.05, 0.1) is 0 Å². The van der Waals surface area contributed by atoms with Crippen molar-refractivity contribution in [2.75, 3.05) is 14.1 Å². The predicted octanol–water partition coefficient (Wildman–Crippen LogP) is 4.25.